The molecule has 0 saturated carbocycles. The predicted octanol–water partition coefficient (Wildman–Crippen LogP) is 3.45. The van der Waals surface area contributed by atoms with Crippen LogP contribution in [0, 0.1) is 13.8 Å². The molecule has 1 aliphatic heterocycles. The lowest BCUT2D eigenvalue weighted by atomic mass is 10.1. The number of imide groups is 1. The Labute approximate surface area is 147 Å². The van der Waals surface area contributed by atoms with Crippen LogP contribution in [0.25, 0.3) is 0 Å². The minimum Gasteiger partial charge on any atom is -0.492 e. The Balaban J connectivity index is 1.87. The molecule has 2 amide bonds. The molecule has 5 heteroatoms. The van der Waals surface area contributed by atoms with Crippen molar-refractivity contribution in [3.8, 4) is 5.75 Å². The van der Waals surface area contributed by atoms with Crippen LogP contribution in [0.5, 0.6) is 5.75 Å². The summed E-state index contributed by atoms with van der Waals surface area (Å²) in [4.78, 5) is 26.6. The molecule has 25 heavy (non-hydrogen) atoms. The summed E-state index contributed by atoms with van der Waals surface area (Å²) < 4.78 is 5.57. The second-order valence-corrected chi connectivity index (χ2v) is 6.12. The number of hydrogen-bond donors (Lipinski definition) is 1. The fourth-order valence-electron chi connectivity index (χ4n) is 3.01. The Morgan fingerprint density at radius 1 is 1.12 bits per heavy atom. The molecule has 0 radical (unpaired) electrons. The van der Waals surface area contributed by atoms with Crippen molar-refractivity contribution >= 4 is 23.2 Å². The van der Waals surface area contributed by atoms with Gasteiger partial charge in [0.2, 0.25) is 5.91 Å². The maximum Gasteiger partial charge on any atom is 0.256 e. The number of para-hydroxylation sites is 2. The van der Waals surface area contributed by atoms with Crippen molar-refractivity contribution < 1.29 is 14.3 Å². The molecule has 0 bridgehead atoms. The zero-order chi connectivity index (χ0) is 18.0. The molecule has 130 valence electrons. The van der Waals surface area contributed by atoms with E-state index in [-0.39, 0.29) is 18.2 Å². The molecule has 1 aliphatic rings. The van der Waals surface area contributed by atoms with E-state index in [0.29, 0.717) is 18.0 Å². The Hall–Kier alpha value is -2.82. The first-order valence-electron chi connectivity index (χ1n) is 8.44. The quantitative estimate of drug-likeness (QED) is 0.849. The first-order chi connectivity index (χ1) is 12.0. The summed E-state index contributed by atoms with van der Waals surface area (Å²) in [5, 5.41) is 3.23. The van der Waals surface area contributed by atoms with E-state index in [1.165, 1.54) is 4.90 Å². The van der Waals surface area contributed by atoms with Crippen LogP contribution in [-0.2, 0) is 9.59 Å². The van der Waals surface area contributed by atoms with Crippen molar-refractivity contribution in [1.82, 2.24) is 0 Å². The number of carbonyl (C=O) groups excluding carboxylic acids is 2. The van der Waals surface area contributed by atoms with Gasteiger partial charge in [-0.15, -0.1) is 0 Å². The molecular formula is C20H22N2O3. The number of amides is 2. The van der Waals surface area contributed by atoms with E-state index in [9.17, 15) is 9.59 Å². The van der Waals surface area contributed by atoms with Crippen molar-refractivity contribution in [2.45, 2.75) is 33.2 Å². The van der Waals surface area contributed by atoms with Gasteiger partial charge in [0.15, 0.2) is 0 Å². The summed E-state index contributed by atoms with van der Waals surface area (Å²) in [5.74, 6) is 0.0668. The second kappa shape index (κ2) is 6.97. The van der Waals surface area contributed by atoms with Crippen molar-refractivity contribution in [2.75, 3.05) is 16.8 Å². The summed E-state index contributed by atoms with van der Waals surface area (Å²) in [6.45, 7) is 6.36. The third-order valence-electron chi connectivity index (χ3n) is 4.49. The number of rotatable bonds is 5. The highest BCUT2D eigenvalue weighted by Crippen LogP contribution is 2.33. The second-order valence-electron chi connectivity index (χ2n) is 6.12. The molecule has 5 nitrogen and oxygen atoms in total. The average molecular weight is 338 g/mol. The Morgan fingerprint density at radius 3 is 2.64 bits per heavy atom. The summed E-state index contributed by atoms with van der Waals surface area (Å²) in [6.07, 6.45) is 0.132. The third-order valence-corrected chi connectivity index (χ3v) is 4.49. The molecule has 1 saturated heterocycles. The maximum atomic E-state index is 12.9. The van der Waals surface area contributed by atoms with E-state index in [2.05, 4.69) is 5.32 Å². The van der Waals surface area contributed by atoms with Crippen LogP contribution in [0.1, 0.15) is 24.5 Å². The minimum atomic E-state index is -0.567. The zero-order valence-corrected chi connectivity index (χ0v) is 14.7. The Bertz CT molecular complexity index is 816. The molecule has 3 rings (SSSR count). The van der Waals surface area contributed by atoms with Gasteiger partial charge in [-0.05, 0) is 50.1 Å². The van der Waals surface area contributed by atoms with Crippen LogP contribution in [-0.4, -0.2) is 24.5 Å². The number of ether oxygens (including phenoxy) is 1. The number of nitrogens with one attached hydrogen (secondary N) is 1. The number of anilines is 2. The Kier molecular flexibility index (Phi) is 4.74. The highest BCUT2D eigenvalue weighted by atomic mass is 16.5. The lowest BCUT2D eigenvalue weighted by molar-refractivity contribution is -0.121. The van der Waals surface area contributed by atoms with E-state index in [1.807, 2.05) is 45.0 Å². The highest BCUT2D eigenvalue weighted by Gasteiger charge is 2.40. The normalized spacial score (nSPS) is 17.1. The largest absolute Gasteiger partial charge is 0.492 e. The van der Waals surface area contributed by atoms with Gasteiger partial charge in [-0.1, -0.05) is 24.3 Å². The van der Waals surface area contributed by atoms with E-state index in [4.69, 9.17) is 4.74 Å². The number of nitrogens with zero attached hydrogens (tertiary/aromatic N) is 1. The lowest BCUT2D eigenvalue weighted by Crippen LogP contribution is -2.35. The van der Waals surface area contributed by atoms with E-state index < -0.39 is 6.04 Å². The smallest absolute Gasteiger partial charge is 0.256 e. The molecule has 0 aliphatic carbocycles. The Morgan fingerprint density at radius 2 is 1.88 bits per heavy atom. The first-order valence-corrected chi connectivity index (χ1v) is 8.44. The molecular weight excluding hydrogens is 316 g/mol. The van der Waals surface area contributed by atoms with Crippen LogP contribution < -0.4 is 15.0 Å². The van der Waals surface area contributed by atoms with Crippen molar-refractivity contribution in [3.63, 3.8) is 0 Å². The van der Waals surface area contributed by atoms with Gasteiger partial charge in [0.05, 0.1) is 18.7 Å². The SMILES string of the molecule is CCOc1ccccc1N1C(=O)C[C@H](Nc2cccc(C)c2C)C1=O. The number of hydrogen-bond acceptors (Lipinski definition) is 4. The van der Waals surface area contributed by atoms with E-state index in [0.717, 1.165) is 16.8 Å². The molecule has 1 atom stereocenters. The highest BCUT2D eigenvalue weighted by molar-refractivity contribution is 6.23. The van der Waals surface area contributed by atoms with Crippen LogP contribution in [0.3, 0.4) is 0 Å². The van der Waals surface area contributed by atoms with Gasteiger partial charge in [0.1, 0.15) is 11.8 Å². The van der Waals surface area contributed by atoms with Crippen LogP contribution in [0.4, 0.5) is 11.4 Å². The minimum absolute atomic E-state index is 0.132. The summed E-state index contributed by atoms with van der Waals surface area (Å²) in [6, 6.07) is 12.4. The van der Waals surface area contributed by atoms with Gasteiger partial charge in [-0.2, -0.15) is 0 Å². The van der Waals surface area contributed by atoms with Crippen LogP contribution in [0.15, 0.2) is 42.5 Å². The number of aryl methyl sites for hydroxylation is 1. The molecule has 0 spiro atoms. The average Bonchev–Trinajstić information content (AvgIpc) is 2.87. The monoisotopic (exact) mass is 338 g/mol. The molecule has 2 aromatic rings. The van der Waals surface area contributed by atoms with Crippen molar-refractivity contribution in [2.24, 2.45) is 0 Å². The van der Waals surface area contributed by atoms with Crippen molar-refractivity contribution in [1.29, 1.82) is 0 Å². The zero-order valence-electron chi connectivity index (χ0n) is 14.7. The van der Waals surface area contributed by atoms with Gasteiger partial charge in [-0.3, -0.25) is 9.59 Å². The van der Waals surface area contributed by atoms with Crippen LogP contribution >= 0.6 is 0 Å². The van der Waals surface area contributed by atoms with Crippen molar-refractivity contribution in [3.05, 3.63) is 53.6 Å². The van der Waals surface area contributed by atoms with E-state index >= 15 is 0 Å². The summed E-state index contributed by atoms with van der Waals surface area (Å²) in [5.41, 5.74) is 3.60. The molecule has 2 aromatic carbocycles. The lowest BCUT2D eigenvalue weighted by Gasteiger charge is -2.19. The van der Waals surface area contributed by atoms with Gasteiger partial charge in [-0.25, -0.2) is 4.90 Å². The molecule has 1 N–H and O–H groups in total. The van der Waals surface area contributed by atoms with Gasteiger partial charge in [0, 0.05) is 5.69 Å². The fraction of sp³-hybridized carbons (Fsp3) is 0.300. The summed E-state index contributed by atoms with van der Waals surface area (Å²) >= 11 is 0. The summed E-state index contributed by atoms with van der Waals surface area (Å²) in [7, 11) is 0. The third kappa shape index (κ3) is 3.22. The molecule has 1 heterocycles. The van der Waals surface area contributed by atoms with E-state index in [1.54, 1.807) is 18.2 Å². The van der Waals surface area contributed by atoms with Gasteiger partial charge in [0.25, 0.3) is 5.91 Å². The number of benzene rings is 2. The maximum absolute atomic E-state index is 12.9. The topological polar surface area (TPSA) is 58.6 Å². The predicted molar refractivity (Wildman–Crippen MR) is 98.0 cm³/mol. The molecule has 0 unspecified atom stereocenters. The fourth-order valence-corrected chi connectivity index (χ4v) is 3.01. The van der Waals surface area contributed by atoms with Gasteiger partial charge < -0.3 is 10.1 Å². The molecule has 0 aromatic heterocycles. The van der Waals surface area contributed by atoms with Crippen LogP contribution in [0.2, 0.25) is 0 Å². The van der Waals surface area contributed by atoms with Gasteiger partial charge >= 0.3 is 0 Å². The molecule has 1 fully saturated rings. The standard InChI is InChI=1S/C20H22N2O3/c1-4-25-18-11-6-5-10-17(18)22-19(23)12-16(20(22)24)21-15-9-7-8-13(2)14(15)3/h5-11,16,21H,4,12H2,1-3H3/t16-/m0/s1. The number of carbonyl (C=O) groups is 2. The first kappa shape index (κ1) is 17.0.